The van der Waals surface area contributed by atoms with Crippen molar-refractivity contribution in [3.8, 4) is 39.2 Å². The predicted octanol–water partition coefficient (Wildman–Crippen LogP) is 13.4. The van der Waals surface area contributed by atoms with E-state index in [-0.39, 0.29) is 10.8 Å². The highest BCUT2D eigenvalue weighted by Gasteiger charge is 2.23. The van der Waals surface area contributed by atoms with E-state index in [4.69, 9.17) is 4.98 Å². The number of pyridine rings is 1. The van der Waals surface area contributed by atoms with Crippen molar-refractivity contribution in [1.82, 2.24) is 14.5 Å². The van der Waals surface area contributed by atoms with Crippen LogP contribution in [0, 0.1) is 0 Å². The van der Waals surface area contributed by atoms with Gasteiger partial charge in [0.1, 0.15) is 5.65 Å². The van der Waals surface area contributed by atoms with Gasteiger partial charge < -0.3 is 4.98 Å². The monoisotopic (exact) mass is 673 g/mol. The zero-order valence-corrected chi connectivity index (χ0v) is 30.8. The fourth-order valence-electron chi connectivity index (χ4n) is 7.69. The minimum atomic E-state index is -0.0428. The van der Waals surface area contributed by atoms with E-state index in [2.05, 4.69) is 197 Å². The van der Waals surface area contributed by atoms with Crippen LogP contribution in [-0.4, -0.2) is 14.5 Å². The normalized spacial score (nSPS) is 12.4. The molecule has 52 heavy (non-hydrogen) atoms. The summed E-state index contributed by atoms with van der Waals surface area (Å²) in [6, 6.07) is 53.1. The van der Waals surface area contributed by atoms with Crippen LogP contribution in [0.15, 0.2) is 146 Å². The molecule has 3 aromatic heterocycles. The van der Waals surface area contributed by atoms with Gasteiger partial charge in [0.2, 0.25) is 0 Å². The fraction of sp³-hybridized carbons (Fsp3) is 0.163. The highest BCUT2D eigenvalue weighted by Crippen LogP contribution is 2.41. The van der Waals surface area contributed by atoms with E-state index in [0.717, 1.165) is 44.5 Å². The topological polar surface area (TPSA) is 33.6 Å². The average Bonchev–Trinajstić information content (AvgIpc) is 3.69. The molecule has 1 N–H and O–H groups in total. The molecular formula is C49H43N3. The van der Waals surface area contributed by atoms with Gasteiger partial charge in [-0.2, -0.15) is 0 Å². The Morgan fingerprint density at radius 1 is 0.481 bits per heavy atom. The summed E-state index contributed by atoms with van der Waals surface area (Å²) in [5, 5.41) is 4.84. The molecule has 9 aromatic rings. The Labute approximate surface area is 305 Å². The molecule has 9 rings (SSSR count). The molecule has 0 amide bonds. The van der Waals surface area contributed by atoms with Gasteiger partial charge in [0.15, 0.2) is 0 Å². The summed E-state index contributed by atoms with van der Waals surface area (Å²) in [4.78, 5) is 9.43. The van der Waals surface area contributed by atoms with Crippen molar-refractivity contribution >= 4 is 43.7 Å². The lowest BCUT2D eigenvalue weighted by Crippen LogP contribution is -2.11. The molecule has 3 nitrogen and oxygen atoms in total. The maximum Gasteiger partial charge on any atom is 0.146 e. The Morgan fingerprint density at radius 2 is 1.10 bits per heavy atom. The number of benzene rings is 6. The summed E-state index contributed by atoms with van der Waals surface area (Å²) < 4.78 is 2.36. The maximum absolute atomic E-state index is 5.61. The summed E-state index contributed by atoms with van der Waals surface area (Å²) in [6.07, 6.45) is 0. The molecule has 0 saturated heterocycles. The molecule has 0 radical (unpaired) electrons. The van der Waals surface area contributed by atoms with Crippen molar-refractivity contribution in [3.05, 3.63) is 157 Å². The van der Waals surface area contributed by atoms with Gasteiger partial charge in [-0.15, -0.1) is 0 Å². The van der Waals surface area contributed by atoms with E-state index in [0.29, 0.717) is 0 Å². The first-order valence-corrected chi connectivity index (χ1v) is 18.3. The van der Waals surface area contributed by atoms with Crippen LogP contribution >= 0.6 is 0 Å². The fourth-order valence-corrected chi connectivity index (χ4v) is 7.69. The van der Waals surface area contributed by atoms with E-state index in [9.17, 15) is 0 Å². The Bertz CT molecular complexity index is 2730. The van der Waals surface area contributed by atoms with Crippen LogP contribution in [0.3, 0.4) is 0 Å². The number of hydrogen-bond donors (Lipinski definition) is 1. The number of rotatable bonds is 4. The Kier molecular flexibility index (Phi) is 7.27. The number of fused-ring (bicyclic) bond motifs is 6. The number of nitrogens with zero attached hydrogens (tertiary/aromatic N) is 2. The standard InChI is InChI=1S/C49H43N3/c1-48(2,3)35-21-23-43-40(28-35)41-29-36(49(4,5)6)30-42(46(41)50-43)44-24-22-39-38-19-13-14-20-45(38)52(47(39)51-44)37-26-33(31-15-9-7-10-16-31)25-34(27-37)32-17-11-8-12-18-32/h7-30,50H,1-6H3. The van der Waals surface area contributed by atoms with Crippen molar-refractivity contribution in [2.45, 2.75) is 52.4 Å². The predicted molar refractivity (Wildman–Crippen MR) is 222 cm³/mol. The van der Waals surface area contributed by atoms with Crippen LogP contribution in [0.2, 0.25) is 0 Å². The number of nitrogens with one attached hydrogen (secondary N) is 1. The second-order valence-electron chi connectivity index (χ2n) is 16.3. The molecule has 0 bridgehead atoms. The first kappa shape index (κ1) is 32.0. The van der Waals surface area contributed by atoms with Gasteiger partial charge in [0, 0.05) is 38.3 Å². The lowest BCUT2D eigenvalue weighted by atomic mass is 9.84. The molecule has 0 aliphatic heterocycles. The first-order valence-electron chi connectivity index (χ1n) is 18.3. The summed E-state index contributed by atoms with van der Waals surface area (Å²) in [7, 11) is 0. The summed E-state index contributed by atoms with van der Waals surface area (Å²) >= 11 is 0. The van der Waals surface area contributed by atoms with E-state index in [1.807, 2.05) is 0 Å². The van der Waals surface area contributed by atoms with Gasteiger partial charge >= 0.3 is 0 Å². The van der Waals surface area contributed by atoms with E-state index < -0.39 is 0 Å². The van der Waals surface area contributed by atoms with Crippen LogP contribution in [0.5, 0.6) is 0 Å². The SMILES string of the molecule is CC(C)(C)c1ccc2[nH]c3c(-c4ccc5c6ccccc6n(-c6cc(-c7ccccc7)cc(-c7ccccc7)c6)c5n4)cc(C(C)(C)C)cc3c2c1. The minimum absolute atomic E-state index is 0.0428. The molecule has 0 fully saturated rings. The highest BCUT2D eigenvalue weighted by atomic mass is 15.0. The minimum Gasteiger partial charge on any atom is -0.354 e. The van der Waals surface area contributed by atoms with Crippen molar-refractivity contribution in [3.63, 3.8) is 0 Å². The van der Waals surface area contributed by atoms with Crippen LogP contribution in [0.25, 0.3) is 82.9 Å². The lowest BCUT2D eigenvalue weighted by Gasteiger charge is -2.21. The van der Waals surface area contributed by atoms with Crippen molar-refractivity contribution in [1.29, 1.82) is 0 Å². The molecule has 0 saturated carbocycles. The molecule has 6 aromatic carbocycles. The smallest absolute Gasteiger partial charge is 0.146 e. The number of aromatic nitrogens is 3. The van der Waals surface area contributed by atoms with E-state index >= 15 is 0 Å². The van der Waals surface area contributed by atoms with Gasteiger partial charge in [-0.05, 0) is 105 Å². The second-order valence-corrected chi connectivity index (χ2v) is 16.3. The molecule has 254 valence electrons. The Balaban J connectivity index is 1.33. The van der Waals surface area contributed by atoms with Gasteiger partial charge in [-0.1, -0.05) is 126 Å². The highest BCUT2D eigenvalue weighted by molar-refractivity contribution is 6.13. The molecule has 0 unspecified atom stereocenters. The van der Waals surface area contributed by atoms with E-state index in [1.54, 1.807) is 0 Å². The van der Waals surface area contributed by atoms with Gasteiger partial charge in [-0.3, -0.25) is 4.57 Å². The largest absolute Gasteiger partial charge is 0.354 e. The van der Waals surface area contributed by atoms with Crippen LogP contribution in [-0.2, 0) is 10.8 Å². The zero-order valence-electron chi connectivity index (χ0n) is 30.8. The molecule has 0 aliphatic rings. The lowest BCUT2D eigenvalue weighted by molar-refractivity contribution is 0.590. The van der Waals surface area contributed by atoms with Crippen LogP contribution in [0.4, 0.5) is 0 Å². The summed E-state index contributed by atoms with van der Waals surface area (Å²) in [5.41, 5.74) is 14.9. The maximum atomic E-state index is 5.61. The van der Waals surface area contributed by atoms with Crippen molar-refractivity contribution < 1.29 is 0 Å². The second kappa shape index (κ2) is 11.8. The molecular weight excluding hydrogens is 631 g/mol. The van der Waals surface area contributed by atoms with Gasteiger partial charge in [0.05, 0.1) is 16.7 Å². The molecule has 3 heteroatoms. The Hall–Kier alpha value is -5.93. The number of hydrogen-bond acceptors (Lipinski definition) is 1. The molecule has 3 heterocycles. The zero-order chi connectivity index (χ0) is 35.8. The van der Waals surface area contributed by atoms with E-state index in [1.165, 1.54) is 49.5 Å². The third-order valence-corrected chi connectivity index (χ3v) is 10.6. The van der Waals surface area contributed by atoms with Crippen LogP contribution in [0.1, 0.15) is 52.7 Å². The Morgan fingerprint density at radius 3 is 1.75 bits per heavy atom. The summed E-state index contributed by atoms with van der Waals surface area (Å²) in [6.45, 7) is 13.7. The van der Waals surface area contributed by atoms with Gasteiger partial charge in [-0.25, -0.2) is 4.98 Å². The van der Waals surface area contributed by atoms with Gasteiger partial charge in [0.25, 0.3) is 0 Å². The number of H-pyrrole nitrogens is 1. The molecule has 0 aliphatic carbocycles. The molecule has 0 spiro atoms. The van der Waals surface area contributed by atoms with Crippen molar-refractivity contribution in [2.24, 2.45) is 0 Å². The van der Waals surface area contributed by atoms with Crippen molar-refractivity contribution in [2.75, 3.05) is 0 Å². The summed E-state index contributed by atoms with van der Waals surface area (Å²) in [5.74, 6) is 0. The number of aromatic amines is 1. The first-order chi connectivity index (χ1) is 25.0. The van der Waals surface area contributed by atoms with Crippen LogP contribution < -0.4 is 0 Å². The third-order valence-electron chi connectivity index (χ3n) is 10.6. The molecule has 0 atom stereocenters. The number of para-hydroxylation sites is 1. The average molecular weight is 674 g/mol. The third kappa shape index (κ3) is 5.40. The quantitative estimate of drug-likeness (QED) is 0.198.